The number of hydrogen-bond acceptors (Lipinski definition) is 7. The largest absolute Gasteiger partial charge is 0.345 e. The van der Waals surface area contributed by atoms with Gasteiger partial charge in [-0.15, -0.1) is 10.2 Å². The molecule has 228 valence electrons. The lowest BCUT2D eigenvalue weighted by Gasteiger charge is -2.47. The number of H-pyrrole nitrogens is 1. The highest BCUT2D eigenvalue weighted by Crippen LogP contribution is 2.49. The Kier molecular flexibility index (Phi) is 9.18. The summed E-state index contributed by atoms with van der Waals surface area (Å²) in [7, 11) is 0. The molecule has 1 aliphatic carbocycles. The van der Waals surface area contributed by atoms with Gasteiger partial charge in [0.25, 0.3) is 11.8 Å². The van der Waals surface area contributed by atoms with E-state index in [0.717, 1.165) is 50.6 Å². The normalized spacial score (nSPS) is 21.3. The summed E-state index contributed by atoms with van der Waals surface area (Å²) in [5.74, 6) is 0.477. The first-order chi connectivity index (χ1) is 20.5. The van der Waals surface area contributed by atoms with Crippen LogP contribution in [0, 0.1) is 11.3 Å². The first kappa shape index (κ1) is 31.1. The number of aliphatic imine (C=N–C) groups is 1. The quantitative estimate of drug-likeness (QED) is 0.286. The maximum atomic E-state index is 14.4. The number of pyridine rings is 1. The zero-order chi connectivity index (χ0) is 30.8. The number of amides is 2. The van der Waals surface area contributed by atoms with Crippen molar-refractivity contribution in [3.63, 3.8) is 0 Å². The van der Waals surface area contributed by atoms with Crippen LogP contribution >= 0.6 is 23.2 Å². The molecule has 12 heteroatoms. The van der Waals surface area contributed by atoms with E-state index in [1.165, 1.54) is 0 Å². The number of aromatic amines is 1. The van der Waals surface area contributed by atoms with Crippen LogP contribution < -0.4 is 5.32 Å². The number of carbonyl (C=O) groups excluding carboxylic acids is 2. The van der Waals surface area contributed by atoms with Gasteiger partial charge in [0, 0.05) is 21.8 Å². The van der Waals surface area contributed by atoms with Crippen LogP contribution in [0.4, 0.5) is 0 Å². The number of aromatic nitrogens is 5. The predicted molar refractivity (Wildman–Crippen MR) is 166 cm³/mol. The molecule has 1 atom stereocenters. The summed E-state index contributed by atoms with van der Waals surface area (Å²) in [5.41, 5.74) is 1.62. The molecule has 1 spiro atoms. The van der Waals surface area contributed by atoms with Gasteiger partial charge in [0.15, 0.2) is 5.82 Å². The van der Waals surface area contributed by atoms with Gasteiger partial charge in [0.05, 0.1) is 23.8 Å². The van der Waals surface area contributed by atoms with E-state index in [1.54, 1.807) is 30.5 Å². The highest BCUT2D eigenvalue weighted by atomic mass is 35.5. The zero-order valence-corrected chi connectivity index (χ0v) is 26.5. The van der Waals surface area contributed by atoms with Gasteiger partial charge >= 0.3 is 0 Å². The molecule has 2 amide bonds. The van der Waals surface area contributed by atoms with Gasteiger partial charge < -0.3 is 10.2 Å². The molecular weight excluding hydrogens is 587 g/mol. The van der Waals surface area contributed by atoms with Gasteiger partial charge in [-0.2, -0.15) is 5.21 Å². The maximum Gasteiger partial charge on any atom is 0.275 e. The molecule has 0 unspecified atom stereocenters. The molecule has 2 aromatic heterocycles. The van der Waals surface area contributed by atoms with Crippen LogP contribution in [0.3, 0.4) is 0 Å². The Hall–Kier alpha value is -3.37. The second kappa shape index (κ2) is 12.7. The van der Waals surface area contributed by atoms with Crippen molar-refractivity contribution in [2.24, 2.45) is 16.3 Å². The molecular formula is C31H38Cl2N8O2. The van der Waals surface area contributed by atoms with Crippen LogP contribution in [-0.2, 0) is 11.3 Å². The minimum atomic E-state index is -0.691. The number of hydrogen-bond donors (Lipinski definition) is 2. The number of rotatable bonds is 9. The Morgan fingerprint density at radius 3 is 2.47 bits per heavy atom. The minimum Gasteiger partial charge on any atom is -0.345 e. The van der Waals surface area contributed by atoms with E-state index in [9.17, 15) is 9.59 Å². The number of halogens is 2. The molecule has 5 rings (SSSR count). The Morgan fingerprint density at radius 1 is 1.16 bits per heavy atom. The van der Waals surface area contributed by atoms with Crippen LogP contribution in [-0.4, -0.2) is 53.7 Å². The first-order valence-corrected chi connectivity index (χ1v) is 15.6. The number of benzene rings is 1. The number of nitrogens with zero attached hydrogens (tertiary/aromatic N) is 6. The summed E-state index contributed by atoms with van der Waals surface area (Å²) >= 11 is 12.7. The highest BCUT2D eigenvalue weighted by molar-refractivity contribution is 6.47. The van der Waals surface area contributed by atoms with E-state index >= 15 is 0 Å². The molecule has 2 aliphatic rings. The van der Waals surface area contributed by atoms with Crippen LogP contribution in [0.5, 0.6) is 0 Å². The van der Waals surface area contributed by atoms with Gasteiger partial charge in [-0.25, -0.2) is 0 Å². The van der Waals surface area contributed by atoms with Crippen molar-refractivity contribution in [2.45, 2.75) is 90.9 Å². The average Bonchev–Trinajstić information content (AvgIpc) is 3.58. The van der Waals surface area contributed by atoms with Crippen LogP contribution in [0.15, 0.2) is 41.5 Å². The Labute approximate surface area is 262 Å². The molecule has 1 aromatic carbocycles. The van der Waals surface area contributed by atoms with Crippen molar-refractivity contribution < 1.29 is 9.59 Å². The summed E-state index contributed by atoms with van der Waals surface area (Å²) in [6.45, 7) is 9.12. The molecule has 3 aromatic rings. The van der Waals surface area contributed by atoms with E-state index in [-0.39, 0.29) is 29.8 Å². The van der Waals surface area contributed by atoms with Crippen molar-refractivity contribution in [3.05, 3.63) is 69.2 Å². The van der Waals surface area contributed by atoms with Gasteiger partial charge in [0.1, 0.15) is 11.4 Å². The molecule has 1 saturated carbocycles. The number of unbranched alkanes of at least 4 members (excludes halogenated alkanes) is 1. The third kappa shape index (κ3) is 6.75. The second-order valence-corrected chi connectivity index (χ2v) is 13.4. The van der Waals surface area contributed by atoms with E-state index in [1.807, 2.05) is 11.0 Å². The predicted octanol–water partition coefficient (Wildman–Crippen LogP) is 6.33. The summed E-state index contributed by atoms with van der Waals surface area (Å²) in [6.07, 6.45) is 7.61. The van der Waals surface area contributed by atoms with Crippen LogP contribution in [0.1, 0.15) is 106 Å². The molecule has 10 nitrogen and oxygen atoms in total. The van der Waals surface area contributed by atoms with E-state index < -0.39 is 5.66 Å². The molecule has 0 radical (unpaired) electrons. The van der Waals surface area contributed by atoms with E-state index in [0.29, 0.717) is 38.6 Å². The Balaban J connectivity index is 1.48. The Bertz CT molecular complexity index is 1460. The lowest BCUT2D eigenvalue weighted by atomic mass is 9.69. The fourth-order valence-electron chi connectivity index (χ4n) is 6.28. The van der Waals surface area contributed by atoms with Crippen molar-refractivity contribution in [1.29, 1.82) is 0 Å². The van der Waals surface area contributed by atoms with Gasteiger partial charge in [-0.3, -0.25) is 19.6 Å². The zero-order valence-electron chi connectivity index (χ0n) is 25.0. The fourth-order valence-corrected chi connectivity index (χ4v) is 6.81. The molecule has 1 aliphatic heterocycles. The average molecular weight is 626 g/mol. The first-order valence-electron chi connectivity index (χ1n) is 14.9. The highest BCUT2D eigenvalue weighted by Gasteiger charge is 2.53. The van der Waals surface area contributed by atoms with Gasteiger partial charge in [0.2, 0.25) is 0 Å². The van der Waals surface area contributed by atoms with Crippen LogP contribution in [0.2, 0.25) is 10.0 Å². The standard InChI is InChI=1S/C31H38Cl2N8O2/c1-5-6-7-25(24-9-8-19(17-34-24)28(42)35-18-26-37-39-40-38-26)41-29(43)27(20-14-22(32)16-23(33)15-20)36-31(41)12-10-21(11-13-31)30(2,3)4/h8-9,14-17,21,25H,5-7,10-13,18H2,1-4H3,(H,35,42)(H,37,38,39,40)/t21?,25-,31?/m1/s1. The second-order valence-electron chi connectivity index (χ2n) is 12.6. The lowest BCUT2D eigenvalue weighted by Crippen LogP contribution is -2.51. The minimum absolute atomic E-state index is 0.141. The van der Waals surface area contributed by atoms with Crippen molar-refractivity contribution in [3.8, 4) is 0 Å². The number of nitrogens with one attached hydrogen (secondary N) is 2. The van der Waals surface area contributed by atoms with Gasteiger partial charge in [-0.1, -0.05) is 69.0 Å². The number of carbonyl (C=O) groups is 2. The number of tetrazole rings is 1. The molecule has 3 heterocycles. The molecule has 0 saturated heterocycles. The Morgan fingerprint density at radius 2 is 1.88 bits per heavy atom. The monoisotopic (exact) mass is 624 g/mol. The molecule has 43 heavy (non-hydrogen) atoms. The lowest BCUT2D eigenvalue weighted by molar-refractivity contribution is -0.134. The maximum absolute atomic E-state index is 14.4. The summed E-state index contributed by atoms with van der Waals surface area (Å²) in [6, 6.07) is 8.44. The third-order valence-corrected chi connectivity index (χ3v) is 9.10. The summed E-state index contributed by atoms with van der Waals surface area (Å²) in [4.78, 5) is 39.1. The smallest absolute Gasteiger partial charge is 0.275 e. The SMILES string of the molecule is CCCC[C@H](c1ccc(C(=O)NCc2nn[nH]n2)cn1)N1C(=O)C(c2cc(Cl)cc(Cl)c2)=NC12CCC(C(C)(C)C)CC2. The summed E-state index contributed by atoms with van der Waals surface area (Å²) < 4.78 is 0. The fraction of sp³-hybridized carbons (Fsp3) is 0.516. The van der Waals surface area contributed by atoms with Crippen molar-refractivity contribution in [2.75, 3.05) is 0 Å². The molecule has 1 fully saturated rings. The topological polar surface area (TPSA) is 129 Å². The summed E-state index contributed by atoms with van der Waals surface area (Å²) in [5, 5.41) is 17.3. The van der Waals surface area contributed by atoms with Gasteiger partial charge in [-0.05, 0) is 73.8 Å². The third-order valence-electron chi connectivity index (χ3n) is 8.67. The van der Waals surface area contributed by atoms with Crippen molar-refractivity contribution in [1.82, 2.24) is 35.8 Å². The van der Waals surface area contributed by atoms with E-state index in [2.05, 4.69) is 53.6 Å². The molecule has 0 bridgehead atoms. The molecule has 2 N–H and O–H groups in total. The van der Waals surface area contributed by atoms with E-state index in [4.69, 9.17) is 33.2 Å². The van der Waals surface area contributed by atoms with Crippen LogP contribution in [0.25, 0.3) is 0 Å². The van der Waals surface area contributed by atoms with Crippen molar-refractivity contribution >= 4 is 40.7 Å².